The van der Waals surface area contributed by atoms with Crippen LogP contribution in [-0.2, 0) is 23.2 Å². The van der Waals surface area contributed by atoms with Gasteiger partial charge in [0.15, 0.2) is 0 Å². The fourth-order valence-electron chi connectivity index (χ4n) is 3.31. The van der Waals surface area contributed by atoms with Crippen molar-refractivity contribution in [3.63, 3.8) is 0 Å². The molecule has 2 aromatic rings. The highest BCUT2D eigenvalue weighted by atomic mass is 16.6. The Morgan fingerprint density at radius 2 is 1.92 bits per heavy atom. The highest BCUT2D eigenvalue weighted by Gasteiger charge is 2.34. The summed E-state index contributed by atoms with van der Waals surface area (Å²) in [7, 11) is 0. The van der Waals surface area contributed by atoms with Gasteiger partial charge in [-0.3, -0.25) is 14.9 Å². The van der Waals surface area contributed by atoms with Gasteiger partial charge in [-0.05, 0) is 36.0 Å². The fourth-order valence-corrected chi connectivity index (χ4v) is 3.31. The fraction of sp³-hybridized carbons (Fsp3) is 0.316. The maximum absolute atomic E-state index is 12.2. The van der Waals surface area contributed by atoms with E-state index in [1.54, 1.807) is 12.1 Å². The van der Waals surface area contributed by atoms with E-state index in [0.29, 0.717) is 12.0 Å². The molecule has 0 spiro atoms. The van der Waals surface area contributed by atoms with E-state index in [1.807, 2.05) is 24.3 Å². The Bertz CT molecular complexity index is 788. The first-order valence-corrected chi connectivity index (χ1v) is 8.29. The van der Waals surface area contributed by atoms with Crippen LogP contribution < -0.4 is 5.32 Å². The van der Waals surface area contributed by atoms with Gasteiger partial charge in [-0.2, -0.15) is 0 Å². The zero-order chi connectivity index (χ0) is 17.9. The minimum absolute atomic E-state index is 0.00252. The summed E-state index contributed by atoms with van der Waals surface area (Å²) in [6.45, 7) is 0.163. The van der Waals surface area contributed by atoms with Crippen LogP contribution in [0.5, 0.6) is 0 Å². The lowest BCUT2D eigenvalue weighted by molar-refractivity contribution is -0.384. The van der Waals surface area contributed by atoms with Crippen molar-refractivity contribution in [1.82, 2.24) is 5.32 Å². The molecule has 130 valence electrons. The predicted molar refractivity (Wildman–Crippen MR) is 93.1 cm³/mol. The van der Waals surface area contributed by atoms with Crippen LogP contribution in [0.4, 0.5) is 5.69 Å². The van der Waals surface area contributed by atoms with Crippen LogP contribution in [-0.4, -0.2) is 22.5 Å². The molecule has 0 unspecified atom stereocenters. The smallest absolute Gasteiger partial charge is 0.269 e. The number of nitro groups is 1. The van der Waals surface area contributed by atoms with Crippen molar-refractivity contribution in [1.29, 1.82) is 0 Å². The molecule has 0 saturated heterocycles. The first-order chi connectivity index (χ1) is 12.0. The molecule has 0 bridgehead atoms. The van der Waals surface area contributed by atoms with E-state index in [4.69, 9.17) is 0 Å². The normalized spacial score (nSPS) is 19.1. The van der Waals surface area contributed by atoms with Gasteiger partial charge >= 0.3 is 0 Å². The summed E-state index contributed by atoms with van der Waals surface area (Å²) < 4.78 is 0. The van der Waals surface area contributed by atoms with Crippen LogP contribution >= 0.6 is 0 Å². The first kappa shape index (κ1) is 17.1. The SMILES string of the molecule is O=C(Cc1ccc([N+](=O)[O-])cc1)NC[C@@]1(O)CCCc2ccccc21. The van der Waals surface area contributed by atoms with E-state index >= 15 is 0 Å². The van der Waals surface area contributed by atoms with Gasteiger partial charge in [0, 0.05) is 12.1 Å². The number of hydrogen-bond acceptors (Lipinski definition) is 4. The summed E-state index contributed by atoms with van der Waals surface area (Å²) in [5.74, 6) is -0.217. The van der Waals surface area contributed by atoms with Gasteiger partial charge in [-0.1, -0.05) is 36.4 Å². The summed E-state index contributed by atoms with van der Waals surface area (Å²) in [5.41, 5.74) is 1.66. The number of rotatable bonds is 5. The van der Waals surface area contributed by atoms with Gasteiger partial charge in [0.25, 0.3) is 5.69 Å². The van der Waals surface area contributed by atoms with E-state index in [9.17, 15) is 20.0 Å². The minimum atomic E-state index is -1.04. The summed E-state index contributed by atoms with van der Waals surface area (Å²) in [5, 5.41) is 24.4. The molecule has 1 atom stereocenters. The van der Waals surface area contributed by atoms with Crippen molar-refractivity contribution in [3.05, 3.63) is 75.3 Å². The molecule has 0 aliphatic heterocycles. The van der Waals surface area contributed by atoms with Crippen LogP contribution in [0.2, 0.25) is 0 Å². The summed E-state index contributed by atoms with van der Waals surface area (Å²) >= 11 is 0. The highest BCUT2D eigenvalue weighted by Crippen LogP contribution is 2.34. The lowest BCUT2D eigenvalue weighted by Crippen LogP contribution is -2.43. The number of carbonyl (C=O) groups excluding carboxylic acids is 1. The molecule has 2 aromatic carbocycles. The summed E-state index contributed by atoms with van der Waals surface area (Å²) in [4.78, 5) is 22.3. The first-order valence-electron chi connectivity index (χ1n) is 8.29. The van der Waals surface area contributed by atoms with Gasteiger partial charge < -0.3 is 10.4 Å². The summed E-state index contributed by atoms with van der Waals surface area (Å²) in [6.07, 6.45) is 2.55. The number of aryl methyl sites for hydroxylation is 1. The van der Waals surface area contributed by atoms with Crippen molar-refractivity contribution in [2.45, 2.75) is 31.3 Å². The average Bonchev–Trinajstić information content (AvgIpc) is 2.61. The molecule has 6 heteroatoms. The molecule has 0 heterocycles. The second-order valence-corrected chi connectivity index (χ2v) is 6.42. The number of aliphatic hydroxyl groups is 1. The number of hydrogen-bond donors (Lipinski definition) is 2. The predicted octanol–water partition coefficient (Wildman–Crippen LogP) is 2.48. The molecule has 1 amide bonds. The van der Waals surface area contributed by atoms with Crippen molar-refractivity contribution in [3.8, 4) is 0 Å². The van der Waals surface area contributed by atoms with Crippen molar-refractivity contribution in [2.75, 3.05) is 6.54 Å². The van der Waals surface area contributed by atoms with E-state index in [1.165, 1.54) is 12.1 Å². The Kier molecular flexibility index (Phi) is 4.81. The number of non-ortho nitro benzene ring substituents is 1. The van der Waals surface area contributed by atoms with Crippen LogP contribution in [0.25, 0.3) is 0 Å². The zero-order valence-corrected chi connectivity index (χ0v) is 13.8. The number of nitro benzene ring substituents is 1. The van der Waals surface area contributed by atoms with E-state index in [-0.39, 0.29) is 24.6 Å². The maximum Gasteiger partial charge on any atom is 0.269 e. The molecule has 2 N–H and O–H groups in total. The van der Waals surface area contributed by atoms with Gasteiger partial charge in [-0.15, -0.1) is 0 Å². The number of nitrogens with zero attached hydrogens (tertiary/aromatic N) is 1. The lowest BCUT2D eigenvalue weighted by atomic mass is 9.79. The third-order valence-electron chi connectivity index (χ3n) is 4.65. The van der Waals surface area contributed by atoms with Crippen molar-refractivity contribution < 1.29 is 14.8 Å². The molecule has 0 saturated carbocycles. The largest absolute Gasteiger partial charge is 0.383 e. The average molecular weight is 340 g/mol. The Hall–Kier alpha value is -2.73. The maximum atomic E-state index is 12.2. The second-order valence-electron chi connectivity index (χ2n) is 6.42. The van der Waals surface area contributed by atoms with Crippen LogP contribution in [0.1, 0.15) is 29.5 Å². The van der Waals surface area contributed by atoms with E-state index in [0.717, 1.165) is 24.0 Å². The molecule has 0 aromatic heterocycles. The van der Waals surface area contributed by atoms with Crippen molar-refractivity contribution in [2.24, 2.45) is 0 Å². The van der Waals surface area contributed by atoms with Gasteiger partial charge in [0.05, 0.1) is 17.9 Å². The molecule has 3 rings (SSSR count). The molecular weight excluding hydrogens is 320 g/mol. The number of benzene rings is 2. The Morgan fingerprint density at radius 3 is 2.64 bits per heavy atom. The number of nitrogens with one attached hydrogen (secondary N) is 1. The Morgan fingerprint density at radius 1 is 1.20 bits per heavy atom. The number of carbonyl (C=O) groups is 1. The molecule has 1 aliphatic rings. The van der Waals surface area contributed by atoms with Crippen LogP contribution in [0.15, 0.2) is 48.5 Å². The lowest BCUT2D eigenvalue weighted by Gasteiger charge is -2.34. The monoisotopic (exact) mass is 340 g/mol. The van der Waals surface area contributed by atoms with Gasteiger partial charge in [0.1, 0.15) is 5.60 Å². The molecule has 0 radical (unpaired) electrons. The van der Waals surface area contributed by atoms with Crippen LogP contribution in [0, 0.1) is 10.1 Å². The molecule has 6 nitrogen and oxygen atoms in total. The second kappa shape index (κ2) is 7.03. The topological polar surface area (TPSA) is 92.5 Å². The molecule has 0 fully saturated rings. The van der Waals surface area contributed by atoms with Gasteiger partial charge in [-0.25, -0.2) is 0 Å². The van der Waals surface area contributed by atoms with E-state index < -0.39 is 10.5 Å². The molecular formula is C19H20N2O4. The number of fused-ring (bicyclic) bond motifs is 1. The zero-order valence-electron chi connectivity index (χ0n) is 13.8. The standard InChI is InChI=1S/C19H20N2O4/c22-18(12-14-7-9-16(10-8-14)21(24)25)20-13-19(23)11-3-5-15-4-1-2-6-17(15)19/h1-2,4,6-10,23H,3,5,11-13H2,(H,20,22)/t19-/m0/s1. The van der Waals surface area contributed by atoms with Crippen molar-refractivity contribution >= 4 is 11.6 Å². The van der Waals surface area contributed by atoms with Crippen LogP contribution in [0.3, 0.4) is 0 Å². The summed E-state index contributed by atoms with van der Waals surface area (Å²) in [6, 6.07) is 13.7. The third kappa shape index (κ3) is 3.85. The highest BCUT2D eigenvalue weighted by molar-refractivity contribution is 5.78. The Balaban J connectivity index is 1.62. The minimum Gasteiger partial charge on any atom is -0.383 e. The quantitative estimate of drug-likeness (QED) is 0.646. The Labute approximate surface area is 145 Å². The van der Waals surface area contributed by atoms with Gasteiger partial charge in [0.2, 0.25) is 5.91 Å². The number of amides is 1. The molecule has 1 aliphatic carbocycles. The van der Waals surface area contributed by atoms with E-state index in [2.05, 4.69) is 5.32 Å². The molecule has 25 heavy (non-hydrogen) atoms. The third-order valence-corrected chi connectivity index (χ3v) is 4.65.